The van der Waals surface area contributed by atoms with Crippen LogP contribution in [0.5, 0.6) is 0 Å². The first kappa shape index (κ1) is 26.4. The van der Waals surface area contributed by atoms with Gasteiger partial charge in [-0.05, 0) is 90.9 Å². The maximum absolute atomic E-state index is 14.4. The summed E-state index contributed by atoms with van der Waals surface area (Å²) in [5.74, 6) is 0.625. The summed E-state index contributed by atoms with van der Waals surface area (Å²) in [5.41, 5.74) is 0.737. The molecule has 0 aliphatic heterocycles. The Morgan fingerprint density at radius 2 is 1.58 bits per heavy atom. The van der Waals surface area contributed by atoms with Crippen molar-refractivity contribution in [3.8, 4) is 0 Å². The fraction of sp³-hybridized carbons (Fsp3) is 0.875. The van der Waals surface area contributed by atoms with Crippen LogP contribution in [0.4, 0.5) is 0 Å². The van der Waals surface area contributed by atoms with Crippen LogP contribution in [0, 0.1) is 50.2 Å². The van der Waals surface area contributed by atoms with E-state index in [9.17, 15) is 14.7 Å². The number of allylic oxidation sites excluding steroid dienone is 2. The lowest BCUT2D eigenvalue weighted by molar-refractivity contribution is -0.217. The van der Waals surface area contributed by atoms with Crippen LogP contribution in [0.15, 0.2) is 11.6 Å². The van der Waals surface area contributed by atoms with Crippen molar-refractivity contribution < 1.29 is 19.4 Å². The van der Waals surface area contributed by atoms with Crippen molar-refractivity contribution in [2.24, 2.45) is 50.2 Å². The van der Waals surface area contributed by atoms with E-state index in [0.29, 0.717) is 11.7 Å². The SMILES string of the molecule is CC(=O)OC1CCC2(C)C(CCC3(C)C2C(=O)C=C2C4CC(C)(C)CCC4(C)C(O)CC23C)C1(C)C. The van der Waals surface area contributed by atoms with E-state index < -0.39 is 0 Å². The van der Waals surface area contributed by atoms with E-state index in [1.165, 1.54) is 12.5 Å². The molecule has 1 N–H and O–H groups in total. The van der Waals surface area contributed by atoms with Crippen molar-refractivity contribution >= 4 is 11.8 Å². The van der Waals surface area contributed by atoms with Crippen LogP contribution >= 0.6 is 0 Å². The summed E-state index contributed by atoms with van der Waals surface area (Å²) >= 11 is 0. The fourth-order valence-corrected chi connectivity index (χ4v) is 10.8. The third-order valence-corrected chi connectivity index (χ3v) is 13.1. The van der Waals surface area contributed by atoms with Gasteiger partial charge in [0.1, 0.15) is 6.10 Å². The average molecular weight is 499 g/mol. The molecule has 9 unspecified atom stereocenters. The lowest BCUT2D eigenvalue weighted by Crippen LogP contribution is -2.68. The van der Waals surface area contributed by atoms with Gasteiger partial charge in [-0.15, -0.1) is 0 Å². The number of aliphatic hydroxyl groups excluding tert-OH is 1. The molecule has 0 saturated heterocycles. The average Bonchev–Trinajstić information content (AvgIpc) is 2.73. The first-order chi connectivity index (χ1) is 16.4. The van der Waals surface area contributed by atoms with Crippen LogP contribution < -0.4 is 0 Å². The molecule has 5 rings (SSSR count). The number of esters is 1. The van der Waals surface area contributed by atoms with E-state index in [0.717, 1.165) is 51.4 Å². The maximum Gasteiger partial charge on any atom is 0.302 e. The predicted octanol–water partition coefficient (Wildman–Crippen LogP) is 6.89. The second kappa shape index (κ2) is 7.70. The lowest BCUT2D eigenvalue weighted by atomic mass is 9.33. The molecule has 0 bridgehead atoms. The Morgan fingerprint density at radius 3 is 2.22 bits per heavy atom. The zero-order valence-electron chi connectivity index (χ0n) is 24.3. The van der Waals surface area contributed by atoms with Crippen LogP contribution in [0.2, 0.25) is 0 Å². The first-order valence-electron chi connectivity index (χ1n) is 14.5. The van der Waals surface area contributed by atoms with Gasteiger partial charge in [-0.1, -0.05) is 61.0 Å². The largest absolute Gasteiger partial charge is 0.462 e. The summed E-state index contributed by atoms with van der Waals surface area (Å²) in [6, 6.07) is 0. The highest BCUT2D eigenvalue weighted by atomic mass is 16.5. The number of hydrogen-bond acceptors (Lipinski definition) is 4. The van der Waals surface area contributed by atoms with Gasteiger partial charge >= 0.3 is 5.97 Å². The van der Waals surface area contributed by atoms with Gasteiger partial charge in [-0.25, -0.2) is 0 Å². The summed E-state index contributed by atoms with van der Waals surface area (Å²) in [4.78, 5) is 26.2. The van der Waals surface area contributed by atoms with Crippen LogP contribution in [-0.2, 0) is 14.3 Å². The Labute approximate surface area is 219 Å². The monoisotopic (exact) mass is 498 g/mol. The third-order valence-electron chi connectivity index (χ3n) is 13.1. The molecule has 0 spiro atoms. The fourth-order valence-electron chi connectivity index (χ4n) is 10.8. The van der Waals surface area contributed by atoms with Gasteiger partial charge in [0.25, 0.3) is 0 Å². The number of carbonyl (C=O) groups is 2. The highest BCUT2D eigenvalue weighted by Crippen LogP contribution is 2.75. The van der Waals surface area contributed by atoms with Crippen molar-refractivity contribution in [2.75, 3.05) is 0 Å². The lowest BCUT2D eigenvalue weighted by Gasteiger charge is -2.71. The van der Waals surface area contributed by atoms with E-state index in [4.69, 9.17) is 4.74 Å². The van der Waals surface area contributed by atoms with Crippen molar-refractivity contribution in [2.45, 2.75) is 126 Å². The molecule has 9 atom stereocenters. The second-order valence-corrected chi connectivity index (χ2v) is 15.9. The van der Waals surface area contributed by atoms with Gasteiger partial charge in [0.2, 0.25) is 0 Å². The molecule has 0 aromatic heterocycles. The van der Waals surface area contributed by atoms with Crippen molar-refractivity contribution in [3.05, 3.63) is 11.6 Å². The van der Waals surface area contributed by atoms with E-state index in [1.54, 1.807) is 0 Å². The summed E-state index contributed by atoms with van der Waals surface area (Å²) < 4.78 is 5.83. The number of carbonyl (C=O) groups excluding carboxylic acids is 2. The molecule has 5 aliphatic carbocycles. The highest BCUT2D eigenvalue weighted by molar-refractivity contribution is 5.95. The Hall–Kier alpha value is -1.16. The number of hydrogen-bond donors (Lipinski definition) is 1. The van der Waals surface area contributed by atoms with Crippen LogP contribution in [0.1, 0.15) is 114 Å². The van der Waals surface area contributed by atoms with Crippen molar-refractivity contribution in [1.82, 2.24) is 0 Å². The van der Waals surface area contributed by atoms with Crippen LogP contribution in [0.25, 0.3) is 0 Å². The van der Waals surface area contributed by atoms with Gasteiger partial charge in [0, 0.05) is 23.7 Å². The molecule has 202 valence electrons. The van der Waals surface area contributed by atoms with Gasteiger partial charge in [0.15, 0.2) is 5.78 Å². The molecular formula is C32H50O4. The van der Waals surface area contributed by atoms with Crippen LogP contribution in [0.3, 0.4) is 0 Å². The van der Waals surface area contributed by atoms with Crippen LogP contribution in [-0.4, -0.2) is 29.1 Å². The summed E-state index contributed by atoms with van der Waals surface area (Å²) in [5, 5.41) is 11.7. The predicted molar refractivity (Wildman–Crippen MR) is 142 cm³/mol. The van der Waals surface area contributed by atoms with E-state index in [1.807, 2.05) is 0 Å². The van der Waals surface area contributed by atoms with E-state index in [-0.39, 0.29) is 62.5 Å². The normalized spacial score (nSPS) is 51.1. The highest BCUT2D eigenvalue weighted by Gasteiger charge is 2.71. The Kier molecular flexibility index (Phi) is 5.66. The molecule has 0 aromatic rings. The number of ketones is 1. The number of ether oxygens (including phenoxy) is 1. The minimum Gasteiger partial charge on any atom is -0.462 e. The first-order valence-corrected chi connectivity index (χ1v) is 14.5. The molecule has 4 fully saturated rings. The molecule has 4 heteroatoms. The molecule has 5 aliphatic rings. The minimum absolute atomic E-state index is 0.0665. The van der Waals surface area contributed by atoms with Gasteiger partial charge in [-0.3, -0.25) is 9.59 Å². The number of aliphatic hydroxyl groups is 1. The van der Waals surface area contributed by atoms with Crippen molar-refractivity contribution in [1.29, 1.82) is 0 Å². The second-order valence-electron chi connectivity index (χ2n) is 15.9. The van der Waals surface area contributed by atoms with E-state index in [2.05, 4.69) is 61.5 Å². The quantitative estimate of drug-likeness (QED) is 0.400. The summed E-state index contributed by atoms with van der Waals surface area (Å²) in [6.45, 7) is 20.2. The third kappa shape index (κ3) is 3.27. The Morgan fingerprint density at radius 1 is 0.917 bits per heavy atom. The molecule has 0 heterocycles. The number of fused-ring (bicyclic) bond motifs is 7. The molecule has 4 saturated carbocycles. The summed E-state index contributed by atoms with van der Waals surface area (Å²) in [7, 11) is 0. The summed E-state index contributed by atoms with van der Waals surface area (Å²) in [6.07, 6.45) is 9.34. The molecule has 0 aromatic carbocycles. The molecule has 0 radical (unpaired) electrons. The standard InChI is InChI=1S/C32H50O4/c1-19(33)36-25-11-12-30(7)23(28(25,4)5)10-13-31(8)26(30)22(34)16-20-21-17-27(2,3)14-15-29(21,6)24(35)18-32(20,31)9/h16,21,23-26,35H,10-15,17-18H2,1-9H3. The van der Waals surface area contributed by atoms with Gasteiger partial charge < -0.3 is 9.84 Å². The molecule has 4 nitrogen and oxygen atoms in total. The molecular weight excluding hydrogens is 448 g/mol. The molecule has 0 amide bonds. The zero-order chi connectivity index (χ0) is 26.7. The topological polar surface area (TPSA) is 63.6 Å². The smallest absolute Gasteiger partial charge is 0.302 e. The molecule has 36 heavy (non-hydrogen) atoms. The minimum atomic E-state index is -0.340. The zero-order valence-corrected chi connectivity index (χ0v) is 24.3. The van der Waals surface area contributed by atoms with Gasteiger partial charge in [-0.2, -0.15) is 0 Å². The Bertz CT molecular complexity index is 1010. The number of rotatable bonds is 1. The van der Waals surface area contributed by atoms with Gasteiger partial charge in [0.05, 0.1) is 6.10 Å². The van der Waals surface area contributed by atoms with E-state index >= 15 is 0 Å². The Balaban J connectivity index is 1.60. The van der Waals surface area contributed by atoms with Crippen molar-refractivity contribution in [3.63, 3.8) is 0 Å². The maximum atomic E-state index is 14.4.